The number of rotatable bonds is 7. The lowest BCUT2D eigenvalue weighted by Crippen LogP contribution is -2.41. The van der Waals surface area contributed by atoms with Gasteiger partial charge >= 0.3 is 11.6 Å². The number of nitrogens with zero attached hydrogens (tertiary/aromatic N) is 1. The minimum Gasteiger partial charge on any atom is -0.446 e. The van der Waals surface area contributed by atoms with E-state index in [2.05, 4.69) is 32.7 Å². The first-order chi connectivity index (χ1) is 11.7. The molecule has 1 heterocycles. The molecule has 7 heteroatoms. The molecule has 0 amide bonds. The molecule has 1 aliphatic rings. The van der Waals surface area contributed by atoms with E-state index in [9.17, 15) is 15.0 Å². The maximum absolute atomic E-state index is 11.6. The summed E-state index contributed by atoms with van der Waals surface area (Å²) in [5.74, 6) is 0.572. The van der Waals surface area contributed by atoms with E-state index in [-0.39, 0.29) is 34.9 Å². The van der Waals surface area contributed by atoms with Gasteiger partial charge < -0.3 is 14.4 Å². The molecule has 140 valence electrons. The van der Waals surface area contributed by atoms with Crippen LogP contribution in [-0.2, 0) is 4.18 Å². The Morgan fingerprint density at radius 2 is 2.16 bits per heavy atom. The van der Waals surface area contributed by atoms with Crippen molar-refractivity contribution in [1.82, 2.24) is 4.98 Å². The third-order valence-corrected chi connectivity index (χ3v) is 6.25. The quantitative estimate of drug-likeness (QED) is 0.390. The van der Waals surface area contributed by atoms with Crippen LogP contribution < -0.4 is 10.1 Å². The van der Waals surface area contributed by atoms with Crippen molar-refractivity contribution in [2.45, 2.75) is 51.8 Å². The Labute approximate surface area is 153 Å². The summed E-state index contributed by atoms with van der Waals surface area (Å²) in [6.45, 7) is 10.8. The molecule has 25 heavy (non-hydrogen) atoms. The molecule has 0 saturated heterocycles. The molecule has 3 N–H and O–H groups in total. The van der Waals surface area contributed by atoms with Gasteiger partial charge in [-0.05, 0) is 50.4 Å². The molecule has 1 aromatic heterocycles. The maximum Gasteiger partial charge on any atom is 0.454 e. The molecule has 2 rings (SSSR count). The molecule has 0 saturated carbocycles. The summed E-state index contributed by atoms with van der Waals surface area (Å²) >= 11 is 1.48. The second-order valence-corrected chi connectivity index (χ2v) is 8.98. The molecule has 0 spiro atoms. The molecule has 1 aromatic rings. The predicted molar refractivity (Wildman–Crippen MR) is 98.4 cm³/mol. The Morgan fingerprint density at radius 1 is 1.48 bits per heavy atom. The van der Waals surface area contributed by atoms with Gasteiger partial charge in [0.05, 0.1) is 18.8 Å². The van der Waals surface area contributed by atoms with Gasteiger partial charge in [0.25, 0.3) is 0 Å². The Morgan fingerprint density at radius 3 is 2.76 bits per heavy atom. The molecule has 1 aliphatic carbocycles. The lowest BCUT2D eigenvalue weighted by Gasteiger charge is -2.28. The van der Waals surface area contributed by atoms with E-state index in [0.29, 0.717) is 24.5 Å². The van der Waals surface area contributed by atoms with E-state index in [0.717, 1.165) is 5.57 Å². The minimum atomic E-state index is -0.301. The molecular formula is C18H29N2O4S+. The average molecular weight is 370 g/mol. The first kappa shape index (κ1) is 20.0. The van der Waals surface area contributed by atoms with Gasteiger partial charge in [0.1, 0.15) is 12.2 Å². The fourth-order valence-electron chi connectivity index (χ4n) is 2.66. The first-order valence-corrected chi connectivity index (χ1v) is 9.36. The van der Waals surface area contributed by atoms with Crippen LogP contribution in [0.4, 0.5) is 0 Å². The Bertz CT molecular complexity index is 697. The number of aliphatic hydroxyl groups excluding tert-OH is 1. The van der Waals surface area contributed by atoms with Gasteiger partial charge in [0.15, 0.2) is 0 Å². The number of aryl methyl sites for hydroxylation is 1. The van der Waals surface area contributed by atoms with Crippen molar-refractivity contribution in [2.75, 3.05) is 13.2 Å². The van der Waals surface area contributed by atoms with Crippen LogP contribution in [0, 0.1) is 18.8 Å². The number of aromatic hydroxyl groups is 1. The summed E-state index contributed by atoms with van der Waals surface area (Å²) in [7, 11) is 0. The van der Waals surface area contributed by atoms with Gasteiger partial charge in [0.2, 0.25) is 0 Å². The van der Waals surface area contributed by atoms with E-state index in [1.165, 1.54) is 12.0 Å². The zero-order chi connectivity index (χ0) is 18.8. The Kier molecular flexibility index (Phi) is 6.35. The highest BCUT2D eigenvalue weighted by Gasteiger charge is 2.33. The molecule has 6 nitrogen and oxygen atoms in total. The van der Waals surface area contributed by atoms with E-state index < -0.39 is 0 Å². The fraction of sp³-hybridized carbons (Fsp3) is 0.667. The normalized spacial score (nSPS) is 21.0. The van der Waals surface area contributed by atoms with Crippen LogP contribution in [0.25, 0.3) is 0 Å². The van der Waals surface area contributed by atoms with Crippen LogP contribution in [0.1, 0.15) is 45.7 Å². The summed E-state index contributed by atoms with van der Waals surface area (Å²) in [5, 5.41) is 19.7. The van der Waals surface area contributed by atoms with E-state index >= 15 is 0 Å². The van der Waals surface area contributed by atoms with Crippen LogP contribution in [-0.4, -0.2) is 33.2 Å². The van der Waals surface area contributed by atoms with Gasteiger partial charge in [-0.2, -0.15) is 9.55 Å². The van der Waals surface area contributed by atoms with Crippen molar-refractivity contribution >= 4 is 12.0 Å². The van der Waals surface area contributed by atoms with Crippen LogP contribution >= 0.6 is 12.0 Å². The summed E-state index contributed by atoms with van der Waals surface area (Å²) < 4.78 is 7.52. The average Bonchev–Trinajstić information content (AvgIpc) is 2.93. The highest BCUT2D eigenvalue weighted by atomic mass is 32.2. The molecule has 0 radical (unpaired) electrons. The van der Waals surface area contributed by atoms with Crippen LogP contribution in [0.5, 0.6) is 6.01 Å². The van der Waals surface area contributed by atoms with Crippen LogP contribution in [0.2, 0.25) is 0 Å². The number of allylic oxidation sites excluding steroid dienone is 1. The lowest BCUT2D eigenvalue weighted by molar-refractivity contribution is -0.721. The molecule has 0 bridgehead atoms. The molecule has 0 fully saturated rings. The smallest absolute Gasteiger partial charge is 0.446 e. The number of nitrogens with one attached hydrogen (secondary N) is 1. The van der Waals surface area contributed by atoms with Crippen molar-refractivity contribution in [3.05, 3.63) is 33.8 Å². The summed E-state index contributed by atoms with van der Waals surface area (Å²) in [6.07, 6.45) is 4.30. The topological polar surface area (TPSA) is 86.4 Å². The number of aromatic nitrogens is 2. The number of hydrogen-bond donors (Lipinski definition) is 3. The SMILES string of the molecule is Cc1c[n+]([C@H]2C=C(CO)[C@@H](COSC(C)(C)C(C)C)C2)c(O)[nH]c1=O. The standard InChI is InChI=1S/C18H28N2O4S/c1-11(2)18(4,5)25-24-10-14-7-15(6-13(14)9-21)20-8-12(3)16(22)19-17(20)23/h6,8,11,14-15,21H,7,9-10H2,1-5H3,(H,19,22,23)/p+1/t14-,15+/m1/s1. The molecule has 2 atom stereocenters. The second-order valence-electron chi connectivity index (χ2n) is 7.52. The first-order valence-electron chi connectivity index (χ1n) is 8.61. The monoisotopic (exact) mass is 369 g/mol. The van der Waals surface area contributed by atoms with Gasteiger partial charge in [-0.25, -0.2) is 4.79 Å². The Hall–Kier alpha value is -1.31. The largest absolute Gasteiger partial charge is 0.454 e. The second kappa shape index (κ2) is 7.93. The lowest BCUT2D eigenvalue weighted by atomic mass is 10.00. The summed E-state index contributed by atoms with van der Waals surface area (Å²) in [6, 6.07) is -0.291. The number of H-pyrrole nitrogens is 1. The van der Waals surface area contributed by atoms with Gasteiger partial charge in [-0.15, -0.1) is 0 Å². The highest BCUT2D eigenvalue weighted by molar-refractivity contribution is 7.96. The Balaban J connectivity index is 2.06. The predicted octanol–water partition coefficient (Wildman–Crippen LogP) is 2.26. The number of aliphatic hydroxyl groups is 1. The van der Waals surface area contributed by atoms with Crippen LogP contribution in [0.3, 0.4) is 0 Å². The summed E-state index contributed by atoms with van der Waals surface area (Å²) in [4.78, 5) is 14.0. The van der Waals surface area contributed by atoms with Crippen molar-refractivity contribution < 1.29 is 19.0 Å². The number of aromatic amines is 1. The maximum atomic E-state index is 11.6. The van der Waals surface area contributed by atoms with Gasteiger partial charge in [-0.3, -0.25) is 0 Å². The number of hydrogen-bond acceptors (Lipinski definition) is 5. The van der Waals surface area contributed by atoms with E-state index in [1.54, 1.807) is 17.7 Å². The third kappa shape index (κ3) is 4.65. The minimum absolute atomic E-state index is 0.0180. The zero-order valence-corrected chi connectivity index (χ0v) is 16.4. The van der Waals surface area contributed by atoms with E-state index in [1.807, 2.05) is 6.08 Å². The molecule has 0 unspecified atom stereocenters. The van der Waals surface area contributed by atoms with Gasteiger partial charge in [-0.1, -0.05) is 13.8 Å². The zero-order valence-electron chi connectivity index (χ0n) is 15.6. The summed E-state index contributed by atoms with van der Waals surface area (Å²) in [5.41, 5.74) is 1.14. The van der Waals surface area contributed by atoms with Gasteiger partial charge in [0, 0.05) is 17.1 Å². The highest BCUT2D eigenvalue weighted by Crippen LogP contribution is 2.36. The van der Waals surface area contributed by atoms with Crippen molar-refractivity contribution in [3.8, 4) is 6.01 Å². The molecular weight excluding hydrogens is 340 g/mol. The fourth-order valence-corrected chi connectivity index (χ4v) is 3.38. The molecule has 0 aliphatic heterocycles. The van der Waals surface area contributed by atoms with Crippen molar-refractivity contribution in [3.63, 3.8) is 0 Å². The van der Waals surface area contributed by atoms with Crippen LogP contribution in [0.15, 0.2) is 22.6 Å². The van der Waals surface area contributed by atoms with Crippen molar-refractivity contribution in [1.29, 1.82) is 0 Å². The molecule has 0 aromatic carbocycles. The van der Waals surface area contributed by atoms with Crippen molar-refractivity contribution in [2.24, 2.45) is 11.8 Å². The third-order valence-electron chi connectivity index (χ3n) is 5.09. The van der Waals surface area contributed by atoms with E-state index in [4.69, 9.17) is 4.18 Å².